The summed E-state index contributed by atoms with van der Waals surface area (Å²) >= 11 is 0. The molecule has 1 unspecified atom stereocenters. The zero-order valence-corrected chi connectivity index (χ0v) is 27.7. The van der Waals surface area contributed by atoms with Gasteiger partial charge >= 0.3 is 6.09 Å². The number of ether oxygens (including phenoxy) is 1. The number of carbonyl (C=O) groups is 1. The maximum absolute atomic E-state index is 13.5. The summed E-state index contributed by atoms with van der Waals surface area (Å²) in [6.07, 6.45) is 3.07. The number of fused-ring (bicyclic) bond motifs is 1. The number of nitriles is 1. The van der Waals surface area contributed by atoms with Gasteiger partial charge in [-0.3, -0.25) is 9.58 Å². The average Bonchev–Trinajstić information content (AvgIpc) is 3.36. The molecule has 1 N–H and O–H groups in total. The second-order valence-corrected chi connectivity index (χ2v) is 18.7. The summed E-state index contributed by atoms with van der Waals surface area (Å²) in [6.45, 7) is 21.3. The number of amides is 1. The molecule has 11 heteroatoms. The molecule has 2 aromatic heterocycles. The molecular weight excluding hydrogens is 546 g/mol. The number of aryl methyl sites for hydroxylation is 2. The molecule has 1 aromatic carbocycles. The normalized spacial score (nSPS) is 17.1. The number of nitrogens with one attached hydrogen (secondary N) is 1. The van der Waals surface area contributed by atoms with Gasteiger partial charge in [-0.1, -0.05) is 27.7 Å². The third kappa shape index (κ3) is 6.34. The third-order valence-electron chi connectivity index (χ3n) is 8.04. The Kier molecular flexibility index (Phi) is 8.04. The molecule has 1 amide bonds. The Morgan fingerprint density at radius 3 is 2.48 bits per heavy atom. The van der Waals surface area contributed by atoms with E-state index in [2.05, 4.69) is 62.3 Å². The molecule has 0 saturated carbocycles. The molecule has 3 aromatic rings. The number of rotatable bonds is 6. The first-order valence-electron chi connectivity index (χ1n) is 14.2. The van der Waals surface area contributed by atoms with Crippen LogP contribution in [0.25, 0.3) is 11.3 Å². The van der Waals surface area contributed by atoms with Gasteiger partial charge in [-0.25, -0.2) is 14.8 Å². The van der Waals surface area contributed by atoms with Crippen LogP contribution in [0.2, 0.25) is 18.1 Å². The fourth-order valence-corrected chi connectivity index (χ4v) is 5.82. The summed E-state index contributed by atoms with van der Waals surface area (Å²) in [6, 6.07) is 7.95. The fraction of sp³-hybridized carbons (Fsp3) is 0.516. The summed E-state index contributed by atoms with van der Waals surface area (Å²) < 4.78 is 14.2. The number of nitrogens with zero attached hydrogens (tertiary/aromatic N) is 6. The lowest BCUT2D eigenvalue weighted by Crippen LogP contribution is -2.46. The molecule has 1 aliphatic heterocycles. The molecule has 0 fully saturated rings. The van der Waals surface area contributed by atoms with Crippen LogP contribution in [0.15, 0.2) is 30.6 Å². The van der Waals surface area contributed by atoms with Crippen LogP contribution in [0.3, 0.4) is 0 Å². The smallest absolute Gasteiger partial charge is 0.414 e. The largest absolute Gasteiger partial charge is 0.443 e. The van der Waals surface area contributed by atoms with E-state index in [0.29, 0.717) is 36.0 Å². The van der Waals surface area contributed by atoms with Crippen molar-refractivity contribution in [2.75, 3.05) is 23.4 Å². The molecule has 224 valence electrons. The molecular formula is C31H43N7O3Si. The number of carbonyl (C=O) groups excluding carboxylic acids is 1. The number of anilines is 3. The lowest BCUT2D eigenvalue weighted by Gasteiger charge is -2.39. The lowest BCUT2D eigenvalue weighted by molar-refractivity contribution is 0.0575. The zero-order valence-electron chi connectivity index (χ0n) is 26.7. The van der Waals surface area contributed by atoms with Crippen molar-refractivity contribution in [3.8, 4) is 17.3 Å². The average molecular weight is 590 g/mol. The minimum absolute atomic E-state index is 0.0201. The minimum Gasteiger partial charge on any atom is -0.443 e. The van der Waals surface area contributed by atoms with Gasteiger partial charge in [-0.05, 0) is 69.6 Å². The van der Waals surface area contributed by atoms with Crippen LogP contribution in [-0.4, -0.2) is 52.9 Å². The quantitative estimate of drug-likeness (QED) is 0.311. The van der Waals surface area contributed by atoms with E-state index in [1.165, 1.54) is 0 Å². The first-order chi connectivity index (χ1) is 19.3. The molecule has 0 spiro atoms. The van der Waals surface area contributed by atoms with E-state index in [4.69, 9.17) is 14.1 Å². The Hall–Kier alpha value is -3.75. The van der Waals surface area contributed by atoms with Gasteiger partial charge in [-0.15, -0.1) is 0 Å². The highest BCUT2D eigenvalue weighted by atomic mass is 28.4. The maximum atomic E-state index is 13.5. The van der Waals surface area contributed by atoms with Crippen molar-refractivity contribution in [1.82, 2.24) is 19.7 Å². The third-order valence-corrected chi connectivity index (χ3v) is 12.5. The molecule has 42 heavy (non-hydrogen) atoms. The molecule has 4 rings (SSSR count). The first-order valence-corrected chi connectivity index (χ1v) is 17.1. The second-order valence-electron chi connectivity index (χ2n) is 13.9. The van der Waals surface area contributed by atoms with Crippen molar-refractivity contribution < 1.29 is 14.0 Å². The summed E-state index contributed by atoms with van der Waals surface area (Å²) in [5.41, 5.74) is 3.58. The molecule has 0 saturated heterocycles. The van der Waals surface area contributed by atoms with Crippen LogP contribution in [0.5, 0.6) is 0 Å². The van der Waals surface area contributed by atoms with E-state index in [1.807, 2.05) is 53.1 Å². The molecule has 1 atom stereocenters. The van der Waals surface area contributed by atoms with Crippen LogP contribution in [0.1, 0.15) is 65.3 Å². The summed E-state index contributed by atoms with van der Waals surface area (Å²) in [7, 11) is -0.254. The molecule has 0 bridgehead atoms. The van der Waals surface area contributed by atoms with E-state index in [9.17, 15) is 10.1 Å². The van der Waals surface area contributed by atoms with Crippen molar-refractivity contribution in [2.24, 2.45) is 7.05 Å². The van der Waals surface area contributed by atoms with Gasteiger partial charge in [0, 0.05) is 43.6 Å². The van der Waals surface area contributed by atoms with Crippen molar-refractivity contribution in [3.05, 3.63) is 47.4 Å². The molecule has 10 nitrogen and oxygen atoms in total. The number of aromatic nitrogens is 4. The van der Waals surface area contributed by atoms with Gasteiger partial charge in [0.1, 0.15) is 11.7 Å². The van der Waals surface area contributed by atoms with E-state index in [0.717, 1.165) is 22.5 Å². The Morgan fingerprint density at radius 2 is 1.90 bits per heavy atom. The number of hydrogen-bond acceptors (Lipinski definition) is 8. The van der Waals surface area contributed by atoms with Crippen molar-refractivity contribution in [2.45, 2.75) is 84.5 Å². The topological polar surface area (TPSA) is 118 Å². The van der Waals surface area contributed by atoms with Crippen molar-refractivity contribution in [1.29, 1.82) is 5.26 Å². The Morgan fingerprint density at radius 1 is 1.21 bits per heavy atom. The predicted octanol–water partition coefficient (Wildman–Crippen LogP) is 6.84. The van der Waals surface area contributed by atoms with Crippen LogP contribution < -0.4 is 10.2 Å². The molecule has 1 aliphatic rings. The maximum Gasteiger partial charge on any atom is 0.414 e. The summed E-state index contributed by atoms with van der Waals surface area (Å²) in [4.78, 5) is 24.2. The SMILES string of the molecule is Cc1nn(C)cc1Nc1nccc(-c2cc(C#N)c3c(c2)C(C)(CO[Si](C)(C)C(C)(C)C)CN3C(=O)OC(C)(C)C)n1. The van der Waals surface area contributed by atoms with Gasteiger partial charge in [0.2, 0.25) is 5.95 Å². The first kappa shape index (κ1) is 31.2. The van der Waals surface area contributed by atoms with E-state index >= 15 is 0 Å². The standard InChI is InChI=1S/C31H43N7O3Si/c1-20-25(17-37(9)36-20)35-27-33-13-12-24(34-27)21-14-22(16-32)26-23(15-21)31(8,19-40-42(10,11)30(5,6)7)18-38(26)28(39)41-29(2,3)4/h12-15,17H,18-19H2,1-11H3,(H,33,34,35). The molecule has 3 heterocycles. The predicted molar refractivity (Wildman–Crippen MR) is 167 cm³/mol. The molecule has 0 aliphatic carbocycles. The van der Waals surface area contributed by atoms with Crippen LogP contribution in [0, 0.1) is 18.3 Å². The highest BCUT2D eigenvalue weighted by Crippen LogP contribution is 2.47. The highest BCUT2D eigenvalue weighted by Gasteiger charge is 2.47. The van der Waals surface area contributed by atoms with Gasteiger partial charge < -0.3 is 14.5 Å². The Bertz CT molecular complexity index is 1550. The van der Waals surface area contributed by atoms with Crippen LogP contribution in [-0.2, 0) is 21.6 Å². The summed E-state index contributed by atoms with van der Waals surface area (Å²) in [5.74, 6) is 0.419. The van der Waals surface area contributed by atoms with Crippen LogP contribution in [0.4, 0.5) is 22.1 Å². The fourth-order valence-electron chi connectivity index (χ4n) is 4.71. The van der Waals surface area contributed by atoms with Gasteiger partial charge in [0.15, 0.2) is 8.32 Å². The van der Waals surface area contributed by atoms with E-state index < -0.39 is 25.4 Å². The minimum atomic E-state index is -2.11. The van der Waals surface area contributed by atoms with E-state index in [1.54, 1.807) is 21.8 Å². The van der Waals surface area contributed by atoms with Crippen molar-refractivity contribution >= 4 is 31.7 Å². The molecule has 0 radical (unpaired) electrons. The highest BCUT2D eigenvalue weighted by molar-refractivity contribution is 6.74. The van der Waals surface area contributed by atoms with Gasteiger partial charge in [0.25, 0.3) is 0 Å². The zero-order chi connectivity index (χ0) is 31.3. The Balaban J connectivity index is 1.80. The van der Waals surface area contributed by atoms with Gasteiger partial charge in [0.05, 0.1) is 28.3 Å². The Labute approximate surface area is 250 Å². The number of benzene rings is 1. The lowest BCUT2D eigenvalue weighted by atomic mass is 9.83. The van der Waals surface area contributed by atoms with Gasteiger partial charge in [-0.2, -0.15) is 10.4 Å². The summed E-state index contributed by atoms with van der Waals surface area (Å²) in [5, 5.41) is 17.9. The number of hydrogen-bond donors (Lipinski definition) is 1. The second kappa shape index (κ2) is 10.8. The van der Waals surface area contributed by atoms with E-state index in [-0.39, 0.29) is 5.04 Å². The van der Waals surface area contributed by atoms with Crippen LogP contribution >= 0.6 is 0 Å². The monoisotopic (exact) mass is 589 g/mol. The van der Waals surface area contributed by atoms with Crippen molar-refractivity contribution in [3.63, 3.8) is 0 Å².